The second kappa shape index (κ2) is 5.60. The molecule has 0 radical (unpaired) electrons. The summed E-state index contributed by atoms with van der Waals surface area (Å²) in [6.45, 7) is 5.80. The number of nitrogens with one attached hydrogen (secondary N) is 1. The van der Waals surface area contributed by atoms with Gasteiger partial charge in [0.1, 0.15) is 0 Å². The van der Waals surface area contributed by atoms with E-state index in [1.165, 1.54) is 0 Å². The first-order chi connectivity index (χ1) is 5.89. The quantitative estimate of drug-likeness (QED) is 0.727. The van der Waals surface area contributed by atoms with E-state index in [1.54, 1.807) is 13.8 Å². The molecule has 0 saturated carbocycles. The summed E-state index contributed by atoms with van der Waals surface area (Å²) in [6, 6.07) is 0. The fraction of sp³-hybridized carbons (Fsp3) is 0.889. The van der Waals surface area contributed by atoms with Gasteiger partial charge in [-0.2, -0.15) is 0 Å². The van der Waals surface area contributed by atoms with Gasteiger partial charge in [-0.05, 0) is 20.3 Å². The van der Waals surface area contributed by atoms with Crippen molar-refractivity contribution in [1.82, 2.24) is 5.32 Å². The lowest BCUT2D eigenvalue weighted by atomic mass is 10.0. The van der Waals surface area contributed by atoms with Crippen LogP contribution in [-0.2, 0) is 4.79 Å². The van der Waals surface area contributed by atoms with E-state index in [2.05, 4.69) is 21.2 Å². The summed E-state index contributed by atoms with van der Waals surface area (Å²) in [5.41, 5.74) is -0.785. The van der Waals surface area contributed by atoms with Gasteiger partial charge in [-0.1, -0.05) is 29.3 Å². The third-order valence-corrected chi connectivity index (χ3v) is 2.21. The Kier molecular flexibility index (Phi) is 5.56. The highest BCUT2D eigenvalue weighted by molar-refractivity contribution is 9.10. The zero-order valence-corrected chi connectivity index (χ0v) is 10.0. The fourth-order valence-electron chi connectivity index (χ4n) is 1.05. The molecule has 1 amide bonds. The molecule has 0 bridgehead atoms. The molecule has 0 aliphatic rings. The Bertz CT molecular complexity index is 169. The number of rotatable bonds is 5. The first-order valence-electron chi connectivity index (χ1n) is 4.53. The first-order valence-corrected chi connectivity index (χ1v) is 5.45. The van der Waals surface area contributed by atoms with E-state index in [4.69, 9.17) is 0 Å². The maximum atomic E-state index is 11.1. The van der Waals surface area contributed by atoms with Crippen molar-refractivity contribution in [1.29, 1.82) is 0 Å². The Morgan fingerprint density at radius 2 is 2.23 bits per heavy atom. The molecule has 0 spiro atoms. The molecule has 2 N–H and O–H groups in total. The van der Waals surface area contributed by atoms with Crippen LogP contribution in [0.1, 0.15) is 33.6 Å². The lowest BCUT2D eigenvalue weighted by Crippen LogP contribution is -2.42. The van der Waals surface area contributed by atoms with E-state index in [0.29, 0.717) is 13.0 Å². The van der Waals surface area contributed by atoms with E-state index in [1.807, 2.05) is 6.92 Å². The summed E-state index contributed by atoms with van der Waals surface area (Å²) < 4.78 is 0. The van der Waals surface area contributed by atoms with Crippen LogP contribution < -0.4 is 5.32 Å². The molecular weight excluding hydrogens is 234 g/mol. The van der Waals surface area contributed by atoms with Crippen molar-refractivity contribution in [2.75, 3.05) is 6.54 Å². The van der Waals surface area contributed by atoms with Crippen LogP contribution in [0.5, 0.6) is 0 Å². The second-order valence-electron chi connectivity index (χ2n) is 3.58. The van der Waals surface area contributed by atoms with Crippen molar-refractivity contribution in [2.24, 2.45) is 0 Å². The van der Waals surface area contributed by atoms with E-state index < -0.39 is 5.60 Å². The van der Waals surface area contributed by atoms with Crippen LogP contribution in [0.2, 0.25) is 0 Å². The summed E-state index contributed by atoms with van der Waals surface area (Å²) >= 11 is 3.15. The average Bonchev–Trinajstić information content (AvgIpc) is 2.00. The Balaban J connectivity index is 3.80. The number of halogens is 1. The van der Waals surface area contributed by atoms with Gasteiger partial charge in [-0.15, -0.1) is 0 Å². The highest BCUT2D eigenvalue weighted by Gasteiger charge is 2.20. The van der Waals surface area contributed by atoms with Gasteiger partial charge in [0, 0.05) is 6.54 Å². The number of hydrogen-bond donors (Lipinski definition) is 2. The minimum Gasteiger partial charge on any atom is -0.388 e. The van der Waals surface area contributed by atoms with Crippen LogP contribution in [0.4, 0.5) is 0 Å². The van der Waals surface area contributed by atoms with Gasteiger partial charge in [-0.3, -0.25) is 4.79 Å². The smallest absolute Gasteiger partial charge is 0.233 e. The summed E-state index contributed by atoms with van der Waals surface area (Å²) in [5, 5.41) is 12.4. The molecule has 0 aromatic carbocycles. The van der Waals surface area contributed by atoms with Crippen LogP contribution >= 0.6 is 15.9 Å². The van der Waals surface area contributed by atoms with Gasteiger partial charge in [0.05, 0.1) is 10.4 Å². The molecular formula is C9H18BrNO2. The molecule has 0 aliphatic heterocycles. The number of alkyl halides is 1. The topological polar surface area (TPSA) is 49.3 Å². The molecule has 0 aromatic heterocycles. The van der Waals surface area contributed by atoms with Crippen LogP contribution in [0, 0.1) is 0 Å². The number of carbonyl (C=O) groups is 1. The van der Waals surface area contributed by atoms with Crippen LogP contribution in [0.15, 0.2) is 0 Å². The monoisotopic (exact) mass is 251 g/mol. The standard InChI is InChI=1S/C9H18BrNO2/c1-4-5-9(3,13)6-11-8(12)7(2)10/h7,13H,4-6H2,1-3H3,(H,11,12). The van der Waals surface area contributed by atoms with Crippen LogP contribution in [0.25, 0.3) is 0 Å². The highest BCUT2D eigenvalue weighted by Crippen LogP contribution is 2.10. The zero-order valence-electron chi connectivity index (χ0n) is 8.43. The van der Waals surface area contributed by atoms with E-state index in [-0.39, 0.29) is 10.7 Å². The minimum absolute atomic E-state index is 0.0867. The Labute approximate surface area is 88.0 Å². The molecule has 3 nitrogen and oxygen atoms in total. The molecule has 0 aromatic rings. The average molecular weight is 252 g/mol. The molecule has 0 aliphatic carbocycles. The maximum absolute atomic E-state index is 11.1. The zero-order chi connectivity index (χ0) is 10.5. The predicted octanol–water partition coefficient (Wildman–Crippen LogP) is 1.44. The van der Waals surface area contributed by atoms with Crippen LogP contribution in [0.3, 0.4) is 0 Å². The Morgan fingerprint density at radius 3 is 2.62 bits per heavy atom. The summed E-state index contributed by atoms with van der Waals surface area (Å²) in [4.78, 5) is 10.9. The number of carbonyl (C=O) groups excluding carboxylic acids is 1. The molecule has 0 rings (SSSR count). The summed E-state index contributed by atoms with van der Waals surface area (Å²) in [6.07, 6.45) is 1.61. The van der Waals surface area contributed by atoms with Crippen molar-refractivity contribution in [3.05, 3.63) is 0 Å². The van der Waals surface area contributed by atoms with Crippen molar-refractivity contribution in [3.63, 3.8) is 0 Å². The summed E-state index contributed by atoms with van der Waals surface area (Å²) in [5.74, 6) is -0.0867. The van der Waals surface area contributed by atoms with Crippen molar-refractivity contribution in [2.45, 2.75) is 44.0 Å². The lowest BCUT2D eigenvalue weighted by Gasteiger charge is -2.23. The third kappa shape index (κ3) is 6.05. The molecule has 0 heterocycles. The minimum atomic E-state index is -0.785. The van der Waals surface area contributed by atoms with Gasteiger partial charge < -0.3 is 10.4 Å². The Morgan fingerprint density at radius 1 is 1.69 bits per heavy atom. The van der Waals surface area contributed by atoms with E-state index >= 15 is 0 Å². The normalized spacial score (nSPS) is 17.6. The van der Waals surface area contributed by atoms with Gasteiger partial charge >= 0.3 is 0 Å². The second-order valence-corrected chi connectivity index (χ2v) is 4.95. The summed E-state index contributed by atoms with van der Waals surface area (Å²) in [7, 11) is 0. The van der Waals surface area contributed by atoms with Gasteiger partial charge in [0.25, 0.3) is 0 Å². The molecule has 2 atom stereocenters. The molecule has 2 unspecified atom stereocenters. The first kappa shape index (κ1) is 12.9. The molecule has 13 heavy (non-hydrogen) atoms. The van der Waals surface area contributed by atoms with Gasteiger partial charge in [-0.25, -0.2) is 0 Å². The Hall–Kier alpha value is -0.0900. The van der Waals surface area contributed by atoms with Gasteiger partial charge in [0.15, 0.2) is 0 Å². The molecule has 4 heteroatoms. The number of amides is 1. The van der Waals surface area contributed by atoms with E-state index in [9.17, 15) is 9.90 Å². The maximum Gasteiger partial charge on any atom is 0.233 e. The van der Waals surface area contributed by atoms with Crippen molar-refractivity contribution >= 4 is 21.8 Å². The third-order valence-electron chi connectivity index (χ3n) is 1.79. The largest absolute Gasteiger partial charge is 0.388 e. The van der Waals surface area contributed by atoms with E-state index in [0.717, 1.165) is 6.42 Å². The van der Waals surface area contributed by atoms with Gasteiger partial charge in [0.2, 0.25) is 5.91 Å². The molecule has 0 fully saturated rings. The lowest BCUT2D eigenvalue weighted by molar-refractivity contribution is -0.121. The van der Waals surface area contributed by atoms with Crippen LogP contribution in [-0.4, -0.2) is 28.0 Å². The number of hydrogen-bond acceptors (Lipinski definition) is 2. The predicted molar refractivity (Wildman–Crippen MR) is 56.9 cm³/mol. The SMILES string of the molecule is CCCC(C)(O)CNC(=O)C(C)Br. The van der Waals surface area contributed by atoms with Crippen molar-refractivity contribution in [3.8, 4) is 0 Å². The highest BCUT2D eigenvalue weighted by atomic mass is 79.9. The van der Waals surface area contributed by atoms with Crippen molar-refractivity contribution < 1.29 is 9.90 Å². The molecule has 78 valence electrons. The molecule has 0 saturated heterocycles. The number of aliphatic hydroxyl groups is 1. The fourth-order valence-corrected chi connectivity index (χ4v) is 1.21.